The van der Waals surface area contributed by atoms with E-state index in [0.717, 1.165) is 23.7 Å². The van der Waals surface area contributed by atoms with Gasteiger partial charge in [0.15, 0.2) is 0 Å². The van der Waals surface area contributed by atoms with Gasteiger partial charge in [-0.25, -0.2) is 4.98 Å². The molecule has 0 unspecified atom stereocenters. The third-order valence-electron chi connectivity index (χ3n) is 1.43. The summed E-state index contributed by atoms with van der Waals surface area (Å²) < 4.78 is 2.05. The van der Waals surface area contributed by atoms with E-state index in [-0.39, 0.29) is 0 Å². The fourth-order valence-corrected chi connectivity index (χ4v) is 1.20. The van der Waals surface area contributed by atoms with Crippen LogP contribution in [0.2, 0.25) is 0 Å². The number of imidazole rings is 1. The first kappa shape index (κ1) is 7.66. The molecule has 0 atom stereocenters. The predicted octanol–water partition coefficient (Wildman–Crippen LogP) is 1.20. The lowest BCUT2D eigenvalue weighted by atomic mass is 10.4. The van der Waals surface area contributed by atoms with Gasteiger partial charge >= 0.3 is 0 Å². The number of aryl methyl sites for hydroxylation is 3. The summed E-state index contributed by atoms with van der Waals surface area (Å²) in [6.07, 6.45) is 2.98. The summed E-state index contributed by atoms with van der Waals surface area (Å²) in [5.74, 6) is 1.98. The van der Waals surface area contributed by atoms with E-state index in [4.69, 9.17) is 0 Å². The molecule has 3 heteroatoms. The highest BCUT2D eigenvalue weighted by molar-refractivity contribution is 7.80. The molecule has 10 heavy (non-hydrogen) atoms. The van der Waals surface area contributed by atoms with Crippen molar-refractivity contribution in [3.8, 4) is 0 Å². The number of thiol groups is 1. The number of nitrogens with zero attached hydrogens (tertiary/aromatic N) is 2. The Kier molecular flexibility index (Phi) is 2.38. The van der Waals surface area contributed by atoms with Crippen molar-refractivity contribution in [1.29, 1.82) is 0 Å². The van der Waals surface area contributed by atoms with Gasteiger partial charge in [-0.2, -0.15) is 12.6 Å². The molecule has 0 aliphatic heterocycles. The molecule has 0 aliphatic rings. The second-order valence-electron chi connectivity index (χ2n) is 2.38. The lowest BCUT2D eigenvalue weighted by Crippen LogP contribution is -1.97. The first-order chi connectivity index (χ1) is 4.74. The van der Waals surface area contributed by atoms with E-state index >= 15 is 0 Å². The number of hydrogen-bond donors (Lipinski definition) is 1. The van der Waals surface area contributed by atoms with Crippen LogP contribution in [0.15, 0.2) is 6.20 Å². The standard InChI is InChI=1S/C7H12N2S/c1-6-5-9(2)7(8-6)3-4-10/h5,10H,3-4H2,1-2H3. The van der Waals surface area contributed by atoms with Gasteiger partial charge in [0.25, 0.3) is 0 Å². The van der Waals surface area contributed by atoms with E-state index in [1.54, 1.807) is 0 Å². The van der Waals surface area contributed by atoms with Gasteiger partial charge in [0.2, 0.25) is 0 Å². The highest BCUT2D eigenvalue weighted by Gasteiger charge is 1.98. The number of rotatable bonds is 2. The van der Waals surface area contributed by atoms with Crippen molar-refractivity contribution >= 4 is 12.6 Å². The van der Waals surface area contributed by atoms with Crippen LogP contribution in [0.25, 0.3) is 0 Å². The molecule has 0 saturated carbocycles. The van der Waals surface area contributed by atoms with Gasteiger partial charge in [-0.1, -0.05) is 0 Å². The SMILES string of the molecule is Cc1cn(C)c(CCS)n1. The van der Waals surface area contributed by atoms with Crippen molar-refractivity contribution in [2.45, 2.75) is 13.3 Å². The maximum Gasteiger partial charge on any atom is 0.109 e. The molecule has 0 radical (unpaired) electrons. The van der Waals surface area contributed by atoms with E-state index in [0.29, 0.717) is 0 Å². The smallest absolute Gasteiger partial charge is 0.109 e. The molecule has 1 heterocycles. The summed E-state index contributed by atoms with van der Waals surface area (Å²) >= 11 is 4.14. The van der Waals surface area contributed by atoms with Crippen molar-refractivity contribution in [3.05, 3.63) is 17.7 Å². The van der Waals surface area contributed by atoms with Gasteiger partial charge in [0.05, 0.1) is 5.69 Å². The first-order valence-electron chi connectivity index (χ1n) is 3.33. The zero-order valence-electron chi connectivity index (χ0n) is 6.33. The van der Waals surface area contributed by atoms with Crippen LogP contribution in [0.3, 0.4) is 0 Å². The minimum atomic E-state index is 0.865. The molecule has 1 aromatic heterocycles. The van der Waals surface area contributed by atoms with Gasteiger partial charge in [-0.05, 0) is 12.7 Å². The number of aromatic nitrogens is 2. The summed E-state index contributed by atoms with van der Waals surface area (Å²) in [5, 5.41) is 0. The summed E-state index contributed by atoms with van der Waals surface area (Å²) in [6, 6.07) is 0. The van der Waals surface area contributed by atoms with Crippen LogP contribution >= 0.6 is 12.6 Å². The molecular weight excluding hydrogens is 144 g/mol. The third kappa shape index (κ3) is 1.53. The lowest BCUT2D eigenvalue weighted by molar-refractivity contribution is 0.812. The molecule has 0 amide bonds. The van der Waals surface area contributed by atoms with Gasteiger partial charge in [-0.15, -0.1) is 0 Å². The minimum Gasteiger partial charge on any atom is -0.338 e. The molecule has 1 rings (SSSR count). The average molecular weight is 156 g/mol. The zero-order valence-corrected chi connectivity index (χ0v) is 7.23. The average Bonchev–Trinajstić information content (AvgIpc) is 2.13. The Balaban J connectivity index is 2.81. The first-order valence-corrected chi connectivity index (χ1v) is 3.97. The Hall–Kier alpha value is -0.440. The van der Waals surface area contributed by atoms with Crippen LogP contribution in [-0.2, 0) is 13.5 Å². The zero-order chi connectivity index (χ0) is 7.56. The second kappa shape index (κ2) is 3.10. The monoisotopic (exact) mass is 156 g/mol. The second-order valence-corrected chi connectivity index (χ2v) is 2.83. The quantitative estimate of drug-likeness (QED) is 0.637. The van der Waals surface area contributed by atoms with Crippen LogP contribution in [0.5, 0.6) is 0 Å². The largest absolute Gasteiger partial charge is 0.338 e. The Morgan fingerprint density at radius 1 is 1.70 bits per heavy atom. The molecule has 0 spiro atoms. The highest BCUT2D eigenvalue weighted by Crippen LogP contribution is 2.00. The van der Waals surface area contributed by atoms with Crippen molar-refractivity contribution in [2.75, 3.05) is 5.75 Å². The summed E-state index contributed by atoms with van der Waals surface area (Å²) in [6.45, 7) is 2.00. The molecule has 0 bridgehead atoms. The molecule has 1 aromatic rings. The molecule has 0 fully saturated rings. The van der Waals surface area contributed by atoms with E-state index in [9.17, 15) is 0 Å². The Morgan fingerprint density at radius 3 is 2.80 bits per heavy atom. The predicted molar refractivity (Wildman–Crippen MR) is 45.5 cm³/mol. The Morgan fingerprint density at radius 2 is 2.40 bits per heavy atom. The topological polar surface area (TPSA) is 17.8 Å². The molecule has 0 aliphatic carbocycles. The molecule has 0 saturated heterocycles. The highest BCUT2D eigenvalue weighted by atomic mass is 32.1. The summed E-state index contributed by atoms with van der Waals surface area (Å²) in [7, 11) is 2.01. The van der Waals surface area contributed by atoms with Gasteiger partial charge < -0.3 is 4.57 Å². The van der Waals surface area contributed by atoms with Gasteiger partial charge in [0.1, 0.15) is 5.82 Å². The van der Waals surface area contributed by atoms with Gasteiger partial charge in [-0.3, -0.25) is 0 Å². The fourth-order valence-electron chi connectivity index (χ4n) is 0.998. The minimum absolute atomic E-state index is 0.865. The van der Waals surface area contributed by atoms with Crippen LogP contribution in [0, 0.1) is 6.92 Å². The van der Waals surface area contributed by atoms with E-state index in [2.05, 4.69) is 17.6 Å². The third-order valence-corrected chi connectivity index (χ3v) is 1.65. The van der Waals surface area contributed by atoms with Crippen LogP contribution < -0.4 is 0 Å². The van der Waals surface area contributed by atoms with Crippen LogP contribution in [0.1, 0.15) is 11.5 Å². The normalized spacial score (nSPS) is 10.3. The summed E-state index contributed by atoms with van der Waals surface area (Å²) in [4.78, 5) is 4.31. The van der Waals surface area contributed by atoms with Crippen LogP contribution in [-0.4, -0.2) is 15.3 Å². The van der Waals surface area contributed by atoms with E-state index < -0.39 is 0 Å². The van der Waals surface area contributed by atoms with Crippen molar-refractivity contribution in [1.82, 2.24) is 9.55 Å². The van der Waals surface area contributed by atoms with E-state index in [1.165, 1.54) is 0 Å². The lowest BCUT2D eigenvalue weighted by Gasteiger charge is -1.95. The van der Waals surface area contributed by atoms with Crippen molar-refractivity contribution in [2.24, 2.45) is 7.05 Å². The Bertz CT molecular complexity index is 217. The van der Waals surface area contributed by atoms with Gasteiger partial charge in [0, 0.05) is 19.7 Å². The molecule has 0 N–H and O–H groups in total. The maximum absolute atomic E-state index is 4.31. The van der Waals surface area contributed by atoms with Crippen molar-refractivity contribution in [3.63, 3.8) is 0 Å². The molecule has 2 nitrogen and oxygen atoms in total. The fraction of sp³-hybridized carbons (Fsp3) is 0.571. The van der Waals surface area contributed by atoms with Crippen molar-refractivity contribution < 1.29 is 0 Å². The summed E-state index contributed by atoms with van der Waals surface area (Å²) in [5.41, 5.74) is 1.08. The Labute approximate surface area is 66.7 Å². The maximum atomic E-state index is 4.31. The molecule has 56 valence electrons. The van der Waals surface area contributed by atoms with Crippen LogP contribution in [0.4, 0.5) is 0 Å². The molecule has 0 aromatic carbocycles. The van der Waals surface area contributed by atoms with E-state index in [1.807, 2.05) is 24.7 Å². The molecular formula is C7H12N2S. The number of hydrogen-bond acceptors (Lipinski definition) is 2.